The second kappa shape index (κ2) is 7.60. The van der Waals surface area contributed by atoms with Crippen molar-refractivity contribution >= 4 is 21.9 Å². The third-order valence-electron chi connectivity index (χ3n) is 2.80. The Balaban J connectivity index is 2.52. The summed E-state index contributed by atoms with van der Waals surface area (Å²) >= 11 is 3.29. The molecular formula is C14H19BrFNO2. The van der Waals surface area contributed by atoms with Crippen LogP contribution in [0.4, 0.5) is 4.39 Å². The Morgan fingerprint density at radius 3 is 2.74 bits per heavy atom. The summed E-state index contributed by atoms with van der Waals surface area (Å²) in [5.41, 5.74) is 0.579. The Labute approximate surface area is 121 Å². The average Bonchev–Trinajstić information content (AvgIpc) is 2.31. The van der Waals surface area contributed by atoms with Gasteiger partial charge in [-0.05, 0) is 42.5 Å². The van der Waals surface area contributed by atoms with Crippen LogP contribution >= 0.6 is 15.9 Å². The van der Waals surface area contributed by atoms with Crippen LogP contribution in [0.1, 0.15) is 25.8 Å². The molecule has 19 heavy (non-hydrogen) atoms. The first-order valence-corrected chi connectivity index (χ1v) is 7.09. The largest absolute Gasteiger partial charge is 0.480 e. The van der Waals surface area contributed by atoms with Gasteiger partial charge in [0.15, 0.2) is 0 Å². The van der Waals surface area contributed by atoms with E-state index < -0.39 is 12.0 Å². The van der Waals surface area contributed by atoms with E-state index in [1.807, 2.05) is 13.8 Å². The molecule has 0 radical (unpaired) electrons. The van der Waals surface area contributed by atoms with E-state index >= 15 is 0 Å². The van der Waals surface area contributed by atoms with Gasteiger partial charge in [0, 0.05) is 11.0 Å². The van der Waals surface area contributed by atoms with Gasteiger partial charge in [-0.3, -0.25) is 4.79 Å². The SMILES string of the molecule is CC(C)C[C@H](NCCc1cc(Br)ccc1F)C(=O)O. The molecule has 5 heteroatoms. The van der Waals surface area contributed by atoms with E-state index in [2.05, 4.69) is 21.2 Å². The van der Waals surface area contributed by atoms with Crippen molar-refractivity contribution in [3.05, 3.63) is 34.1 Å². The highest BCUT2D eigenvalue weighted by atomic mass is 79.9. The summed E-state index contributed by atoms with van der Waals surface area (Å²) in [7, 11) is 0. The van der Waals surface area contributed by atoms with Gasteiger partial charge < -0.3 is 10.4 Å². The number of hydrogen-bond acceptors (Lipinski definition) is 2. The maximum absolute atomic E-state index is 13.5. The number of halogens is 2. The van der Waals surface area contributed by atoms with E-state index in [0.717, 1.165) is 4.47 Å². The Kier molecular flexibility index (Phi) is 6.45. The average molecular weight is 332 g/mol. The minimum Gasteiger partial charge on any atom is -0.480 e. The lowest BCUT2D eigenvalue weighted by Crippen LogP contribution is -2.38. The van der Waals surface area contributed by atoms with Crippen molar-refractivity contribution in [1.29, 1.82) is 0 Å². The third-order valence-corrected chi connectivity index (χ3v) is 3.29. The Morgan fingerprint density at radius 1 is 1.47 bits per heavy atom. The molecule has 1 aromatic rings. The molecule has 1 atom stereocenters. The Bertz CT molecular complexity index is 437. The molecular weight excluding hydrogens is 313 g/mol. The van der Waals surface area contributed by atoms with Crippen LogP contribution in [-0.2, 0) is 11.2 Å². The second-order valence-corrected chi connectivity index (χ2v) is 5.88. The van der Waals surface area contributed by atoms with Crippen LogP contribution < -0.4 is 5.32 Å². The van der Waals surface area contributed by atoms with Gasteiger partial charge in [0.25, 0.3) is 0 Å². The van der Waals surface area contributed by atoms with Crippen LogP contribution in [0.15, 0.2) is 22.7 Å². The first-order valence-electron chi connectivity index (χ1n) is 6.30. The number of benzene rings is 1. The van der Waals surface area contributed by atoms with Crippen molar-refractivity contribution in [2.24, 2.45) is 5.92 Å². The fourth-order valence-electron chi connectivity index (χ4n) is 1.86. The second-order valence-electron chi connectivity index (χ2n) is 4.96. The summed E-state index contributed by atoms with van der Waals surface area (Å²) in [4.78, 5) is 11.1. The molecule has 0 aliphatic carbocycles. The molecule has 0 amide bonds. The van der Waals surface area contributed by atoms with Crippen molar-refractivity contribution in [2.75, 3.05) is 6.54 Å². The highest BCUT2D eigenvalue weighted by Crippen LogP contribution is 2.16. The molecule has 3 nitrogen and oxygen atoms in total. The van der Waals surface area contributed by atoms with Crippen molar-refractivity contribution in [2.45, 2.75) is 32.7 Å². The van der Waals surface area contributed by atoms with Crippen LogP contribution in [0.25, 0.3) is 0 Å². The molecule has 0 bridgehead atoms. The van der Waals surface area contributed by atoms with Crippen LogP contribution in [0.5, 0.6) is 0 Å². The fraction of sp³-hybridized carbons (Fsp3) is 0.500. The van der Waals surface area contributed by atoms with Gasteiger partial charge in [-0.25, -0.2) is 4.39 Å². The standard InChI is InChI=1S/C14H19BrFNO2/c1-9(2)7-13(14(18)19)17-6-5-10-8-11(15)3-4-12(10)16/h3-4,8-9,13,17H,5-7H2,1-2H3,(H,18,19)/t13-/m0/s1. The molecule has 0 aromatic heterocycles. The molecule has 0 spiro atoms. The van der Waals surface area contributed by atoms with E-state index in [0.29, 0.717) is 30.9 Å². The summed E-state index contributed by atoms with van der Waals surface area (Å²) in [5, 5.41) is 12.0. The molecule has 2 N–H and O–H groups in total. The molecule has 0 fully saturated rings. The summed E-state index contributed by atoms with van der Waals surface area (Å²) in [6.07, 6.45) is 1.03. The van der Waals surface area contributed by atoms with Gasteiger partial charge in [-0.1, -0.05) is 29.8 Å². The number of carboxylic acids is 1. The van der Waals surface area contributed by atoms with Crippen LogP contribution in [0.3, 0.4) is 0 Å². The first-order chi connectivity index (χ1) is 8.90. The maximum Gasteiger partial charge on any atom is 0.320 e. The van der Waals surface area contributed by atoms with Crippen LogP contribution in [-0.4, -0.2) is 23.7 Å². The highest BCUT2D eigenvalue weighted by molar-refractivity contribution is 9.10. The van der Waals surface area contributed by atoms with Gasteiger partial charge in [-0.2, -0.15) is 0 Å². The highest BCUT2D eigenvalue weighted by Gasteiger charge is 2.17. The number of rotatable bonds is 7. The quantitative estimate of drug-likeness (QED) is 0.806. The fourth-order valence-corrected chi connectivity index (χ4v) is 2.27. The molecule has 106 valence electrons. The minimum atomic E-state index is -0.858. The first kappa shape index (κ1) is 16.1. The lowest BCUT2D eigenvalue weighted by atomic mass is 10.0. The Morgan fingerprint density at radius 2 is 2.16 bits per heavy atom. The molecule has 0 aliphatic heterocycles. The van der Waals surface area contributed by atoms with E-state index in [9.17, 15) is 9.18 Å². The van der Waals surface area contributed by atoms with Crippen LogP contribution in [0, 0.1) is 11.7 Å². The van der Waals surface area contributed by atoms with E-state index in [4.69, 9.17) is 5.11 Å². The zero-order valence-corrected chi connectivity index (χ0v) is 12.7. The molecule has 0 saturated heterocycles. The van der Waals surface area contributed by atoms with Gasteiger partial charge in [0.2, 0.25) is 0 Å². The number of carbonyl (C=O) groups is 1. The van der Waals surface area contributed by atoms with Crippen LogP contribution in [0.2, 0.25) is 0 Å². The number of carboxylic acid groups (broad SMARTS) is 1. The molecule has 0 unspecified atom stereocenters. The van der Waals surface area contributed by atoms with E-state index in [1.165, 1.54) is 6.07 Å². The molecule has 0 heterocycles. The van der Waals surface area contributed by atoms with Crippen molar-refractivity contribution in [3.63, 3.8) is 0 Å². The lowest BCUT2D eigenvalue weighted by Gasteiger charge is -2.16. The number of nitrogens with one attached hydrogen (secondary N) is 1. The normalized spacial score (nSPS) is 12.7. The zero-order valence-electron chi connectivity index (χ0n) is 11.1. The van der Waals surface area contributed by atoms with Gasteiger partial charge in [0.1, 0.15) is 11.9 Å². The summed E-state index contributed by atoms with van der Waals surface area (Å²) in [5.74, 6) is -0.819. The smallest absolute Gasteiger partial charge is 0.320 e. The molecule has 1 aromatic carbocycles. The summed E-state index contributed by atoms with van der Waals surface area (Å²) in [6, 6.07) is 4.19. The van der Waals surface area contributed by atoms with E-state index in [1.54, 1.807) is 12.1 Å². The summed E-state index contributed by atoms with van der Waals surface area (Å²) < 4.78 is 14.3. The lowest BCUT2D eigenvalue weighted by molar-refractivity contribution is -0.139. The van der Waals surface area contributed by atoms with Crippen molar-refractivity contribution < 1.29 is 14.3 Å². The molecule has 1 rings (SSSR count). The van der Waals surface area contributed by atoms with Crippen molar-refractivity contribution in [1.82, 2.24) is 5.32 Å². The number of hydrogen-bond donors (Lipinski definition) is 2. The third kappa shape index (κ3) is 5.70. The number of aliphatic carboxylic acids is 1. The van der Waals surface area contributed by atoms with Gasteiger partial charge in [-0.15, -0.1) is 0 Å². The van der Waals surface area contributed by atoms with Gasteiger partial charge in [0.05, 0.1) is 0 Å². The molecule has 0 saturated carbocycles. The van der Waals surface area contributed by atoms with Crippen molar-refractivity contribution in [3.8, 4) is 0 Å². The summed E-state index contributed by atoms with van der Waals surface area (Å²) in [6.45, 7) is 4.40. The predicted octanol–water partition coefficient (Wildman–Crippen LogP) is 3.22. The monoisotopic (exact) mass is 331 g/mol. The van der Waals surface area contributed by atoms with Gasteiger partial charge >= 0.3 is 5.97 Å². The zero-order chi connectivity index (χ0) is 14.4. The topological polar surface area (TPSA) is 49.3 Å². The Hall–Kier alpha value is -0.940. The predicted molar refractivity (Wildman–Crippen MR) is 76.7 cm³/mol. The maximum atomic E-state index is 13.5. The van der Waals surface area contributed by atoms with E-state index in [-0.39, 0.29) is 5.82 Å². The minimum absolute atomic E-state index is 0.263. The molecule has 0 aliphatic rings.